The lowest BCUT2D eigenvalue weighted by atomic mass is 9.83. The van der Waals surface area contributed by atoms with E-state index >= 15 is 0 Å². The number of ketones is 2. The molecule has 3 rings (SSSR count). The van der Waals surface area contributed by atoms with Gasteiger partial charge in [0.05, 0.1) is 11.6 Å². The number of carbonyl (C=O) groups is 3. The lowest BCUT2D eigenvalue weighted by Crippen LogP contribution is -2.39. The van der Waals surface area contributed by atoms with Crippen LogP contribution in [0, 0.1) is 0 Å². The first kappa shape index (κ1) is 23.0. The van der Waals surface area contributed by atoms with E-state index in [4.69, 9.17) is 4.74 Å². The first-order valence-electron chi connectivity index (χ1n) is 10.2. The Kier molecular flexibility index (Phi) is 6.64. The molecule has 0 aliphatic heterocycles. The predicted molar refractivity (Wildman–Crippen MR) is 118 cm³/mol. The van der Waals surface area contributed by atoms with E-state index in [1.165, 1.54) is 12.1 Å². The van der Waals surface area contributed by atoms with Crippen LogP contribution < -0.4 is 10.6 Å². The van der Waals surface area contributed by atoms with Crippen molar-refractivity contribution < 1.29 is 29.3 Å². The molecule has 0 saturated heterocycles. The first-order chi connectivity index (χ1) is 15.1. The summed E-state index contributed by atoms with van der Waals surface area (Å²) in [5.41, 5.74) is -0.115. The van der Waals surface area contributed by atoms with Crippen molar-refractivity contribution in [2.24, 2.45) is 0 Å². The van der Waals surface area contributed by atoms with Gasteiger partial charge in [0.25, 0.3) is 0 Å². The molecule has 8 nitrogen and oxygen atoms in total. The molecule has 0 spiro atoms. The number of hydrogen-bond acceptors (Lipinski definition) is 7. The Morgan fingerprint density at radius 1 is 0.938 bits per heavy atom. The number of aliphatic hydroxyl groups is 1. The first-order valence-corrected chi connectivity index (χ1v) is 10.2. The minimum atomic E-state index is -0.985. The van der Waals surface area contributed by atoms with E-state index in [0.717, 1.165) is 0 Å². The number of ether oxygens (including phenoxy) is 1. The molecule has 4 N–H and O–H groups in total. The van der Waals surface area contributed by atoms with Crippen molar-refractivity contribution in [3.8, 4) is 5.75 Å². The fraction of sp³-hybridized carbons (Fsp3) is 0.292. The smallest absolute Gasteiger partial charge is 0.407 e. The summed E-state index contributed by atoms with van der Waals surface area (Å²) >= 11 is 0. The lowest BCUT2D eigenvalue weighted by molar-refractivity contribution is -0.112. The number of para-hydroxylation sites is 1. The third kappa shape index (κ3) is 4.97. The van der Waals surface area contributed by atoms with Crippen LogP contribution in [0.1, 0.15) is 48.3 Å². The van der Waals surface area contributed by atoms with Gasteiger partial charge in [-0.25, -0.2) is 4.79 Å². The van der Waals surface area contributed by atoms with Crippen LogP contribution in [0.4, 0.5) is 4.79 Å². The number of Topliss-reactive ketones (excluding diaryl/α,β-unsaturated/α-hetero) is 2. The normalized spacial score (nSPS) is 14.7. The second-order valence-corrected chi connectivity index (χ2v) is 8.34. The van der Waals surface area contributed by atoms with Crippen molar-refractivity contribution in [1.82, 2.24) is 10.6 Å². The van der Waals surface area contributed by atoms with Gasteiger partial charge in [0, 0.05) is 29.8 Å². The molecule has 0 saturated carbocycles. The number of hydrogen-bond donors (Lipinski definition) is 4. The average Bonchev–Trinajstić information content (AvgIpc) is 2.73. The molecule has 0 fully saturated rings. The third-order valence-corrected chi connectivity index (χ3v) is 4.81. The number of phenols is 1. The number of alkyl carbamates (subject to hydrolysis) is 1. The molecule has 2 aromatic carbocycles. The van der Waals surface area contributed by atoms with Crippen LogP contribution in [-0.4, -0.2) is 46.6 Å². The van der Waals surface area contributed by atoms with E-state index in [9.17, 15) is 24.6 Å². The monoisotopic (exact) mass is 438 g/mol. The number of amides is 1. The molecule has 0 radical (unpaired) electrons. The van der Waals surface area contributed by atoms with Gasteiger partial charge in [0.2, 0.25) is 11.6 Å². The Morgan fingerprint density at radius 3 is 2.22 bits per heavy atom. The van der Waals surface area contributed by atoms with Gasteiger partial charge in [0.15, 0.2) is 0 Å². The number of nitrogens with one attached hydrogen (secondary N) is 2. The fourth-order valence-corrected chi connectivity index (χ4v) is 3.45. The van der Waals surface area contributed by atoms with Crippen molar-refractivity contribution in [3.63, 3.8) is 0 Å². The topological polar surface area (TPSA) is 125 Å². The third-order valence-electron chi connectivity index (χ3n) is 4.81. The number of benzene rings is 2. The lowest BCUT2D eigenvalue weighted by Gasteiger charge is -2.26. The van der Waals surface area contributed by atoms with Crippen LogP contribution >= 0.6 is 0 Å². The van der Waals surface area contributed by atoms with Crippen LogP contribution in [0.25, 0.3) is 5.76 Å². The summed E-state index contributed by atoms with van der Waals surface area (Å²) in [7, 11) is 0. The van der Waals surface area contributed by atoms with Crippen LogP contribution in [0.3, 0.4) is 0 Å². The predicted octanol–water partition coefficient (Wildman–Crippen LogP) is 3.28. The summed E-state index contributed by atoms with van der Waals surface area (Å²) in [5, 5.41) is 26.9. The summed E-state index contributed by atoms with van der Waals surface area (Å²) < 4.78 is 5.19. The largest absolute Gasteiger partial charge is 0.508 e. The Labute approximate surface area is 185 Å². The minimum Gasteiger partial charge on any atom is -0.508 e. The zero-order valence-electron chi connectivity index (χ0n) is 18.1. The highest BCUT2D eigenvalue weighted by Crippen LogP contribution is 2.37. The Hall–Kier alpha value is -3.65. The summed E-state index contributed by atoms with van der Waals surface area (Å²) in [6.07, 6.45) is -0.599. The van der Waals surface area contributed by atoms with Gasteiger partial charge in [0.1, 0.15) is 17.1 Å². The zero-order chi connectivity index (χ0) is 23.5. The summed E-state index contributed by atoms with van der Waals surface area (Å²) in [4.78, 5) is 37.5. The van der Waals surface area contributed by atoms with Gasteiger partial charge in [-0.1, -0.05) is 42.5 Å². The number of rotatable bonds is 6. The van der Waals surface area contributed by atoms with Gasteiger partial charge in [-0.2, -0.15) is 0 Å². The zero-order valence-corrected chi connectivity index (χ0v) is 18.1. The molecule has 1 atom stereocenters. The van der Waals surface area contributed by atoms with Crippen molar-refractivity contribution in [2.75, 3.05) is 13.1 Å². The molecule has 1 aliphatic rings. The SMILES string of the molecule is CC(C)(C)OC(=O)NCCNC(C1=C(O)c2ccccc2C(=O)C1=O)c1ccccc1O. The Morgan fingerprint density at radius 2 is 1.56 bits per heavy atom. The quantitative estimate of drug-likeness (QED) is 0.403. The van der Waals surface area contributed by atoms with Gasteiger partial charge in [-0.15, -0.1) is 0 Å². The van der Waals surface area contributed by atoms with Gasteiger partial charge >= 0.3 is 6.09 Å². The summed E-state index contributed by atoms with van der Waals surface area (Å²) in [6.45, 7) is 5.55. The van der Waals surface area contributed by atoms with Crippen molar-refractivity contribution in [3.05, 3.63) is 70.8 Å². The molecular weight excluding hydrogens is 412 g/mol. The average molecular weight is 438 g/mol. The molecule has 1 unspecified atom stereocenters. The Balaban J connectivity index is 1.90. The minimum absolute atomic E-state index is 0.107. The molecule has 1 amide bonds. The van der Waals surface area contributed by atoms with Crippen molar-refractivity contribution in [2.45, 2.75) is 32.4 Å². The van der Waals surface area contributed by atoms with E-state index in [1.54, 1.807) is 57.2 Å². The molecular formula is C24H26N2O6. The van der Waals surface area contributed by atoms with E-state index < -0.39 is 29.3 Å². The molecule has 32 heavy (non-hydrogen) atoms. The van der Waals surface area contributed by atoms with Crippen molar-refractivity contribution in [1.29, 1.82) is 0 Å². The van der Waals surface area contributed by atoms with E-state index in [0.29, 0.717) is 5.56 Å². The fourth-order valence-electron chi connectivity index (χ4n) is 3.45. The number of phenolic OH excluding ortho intramolecular Hbond substituents is 1. The van der Waals surface area contributed by atoms with Crippen LogP contribution in [0.5, 0.6) is 5.75 Å². The van der Waals surface area contributed by atoms with Crippen LogP contribution in [-0.2, 0) is 9.53 Å². The highest BCUT2D eigenvalue weighted by Gasteiger charge is 2.38. The van der Waals surface area contributed by atoms with E-state index in [-0.39, 0.29) is 41.3 Å². The highest BCUT2D eigenvalue weighted by molar-refractivity contribution is 6.52. The molecule has 0 aromatic heterocycles. The highest BCUT2D eigenvalue weighted by atomic mass is 16.6. The Bertz CT molecular complexity index is 1080. The number of aromatic hydroxyl groups is 1. The maximum Gasteiger partial charge on any atom is 0.407 e. The maximum atomic E-state index is 12.9. The number of fused-ring (bicyclic) bond motifs is 1. The molecule has 2 aromatic rings. The van der Waals surface area contributed by atoms with Crippen LogP contribution in [0.2, 0.25) is 0 Å². The van der Waals surface area contributed by atoms with Gasteiger partial charge in [-0.05, 0) is 26.8 Å². The van der Waals surface area contributed by atoms with Crippen molar-refractivity contribution >= 4 is 23.4 Å². The standard InChI is InChI=1S/C24H26N2O6/c1-24(2,3)32-23(31)26-13-12-25-19(16-10-6-7-11-17(16)27)18-20(28)14-8-4-5-9-15(14)21(29)22(18)30/h4-11,19,25,27-28H,12-13H2,1-3H3,(H,26,31). The molecule has 0 heterocycles. The van der Waals surface area contributed by atoms with Gasteiger partial charge in [-0.3, -0.25) is 9.59 Å². The maximum absolute atomic E-state index is 12.9. The molecule has 0 bridgehead atoms. The molecule has 1 aliphatic carbocycles. The number of aliphatic hydroxyl groups excluding tert-OH is 1. The molecule has 168 valence electrons. The van der Waals surface area contributed by atoms with Crippen LogP contribution in [0.15, 0.2) is 54.1 Å². The summed E-state index contributed by atoms with van der Waals surface area (Å²) in [6, 6.07) is 11.7. The second kappa shape index (κ2) is 9.23. The molecule has 8 heteroatoms. The van der Waals surface area contributed by atoms with E-state index in [1.807, 2.05) is 0 Å². The number of carbonyl (C=O) groups excluding carboxylic acids is 3. The van der Waals surface area contributed by atoms with E-state index in [2.05, 4.69) is 10.6 Å². The van der Waals surface area contributed by atoms with Gasteiger partial charge < -0.3 is 25.6 Å². The summed E-state index contributed by atoms with van der Waals surface area (Å²) in [5.74, 6) is -2.03. The second-order valence-electron chi connectivity index (χ2n) is 8.34.